The zero-order valence-electron chi connectivity index (χ0n) is 13.6. The molecule has 0 saturated carbocycles. The van der Waals surface area contributed by atoms with E-state index in [-0.39, 0.29) is 18.0 Å². The fourth-order valence-electron chi connectivity index (χ4n) is 2.30. The lowest BCUT2D eigenvalue weighted by atomic mass is 10.1. The molecule has 2 N–H and O–H groups in total. The third kappa shape index (κ3) is 4.63. The molecular weight excluding hydrogens is 323 g/mol. The van der Waals surface area contributed by atoms with Gasteiger partial charge in [-0.15, -0.1) is 0 Å². The third-order valence-corrected chi connectivity index (χ3v) is 3.46. The van der Waals surface area contributed by atoms with Crippen LogP contribution in [0.3, 0.4) is 0 Å². The molecule has 25 heavy (non-hydrogen) atoms. The zero-order valence-corrected chi connectivity index (χ0v) is 13.6. The number of aromatic nitrogens is 2. The molecule has 0 radical (unpaired) electrons. The van der Waals surface area contributed by atoms with E-state index in [1.807, 2.05) is 30.3 Å². The van der Waals surface area contributed by atoms with Crippen molar-refractivity contribution in [3.8, 4) is 0 Å². The zero-order chi connectivity index (χ0) is 17.6. The van der Waals surface area contributed by atoms with E-state index >= 15 is 0 Å². The molecule has 0 aliphatic carbocycles. The lowest BCUT2D eigenvalue weighted by molar-refractivity contribution is -0.115. The summed E-state index contributed by atoms with van der Waals surface area (Å²) in [5.74, 6) is 0.191. The van der Waals surface area contributed by atoms with Gasteiger partial charge in [-0.3, -0.25) is 4.79 Å². The van der Waals surface area contributed by atoms with Crippen LogP contribution in [-0.4, -0.2) is 16.0 Å². The maximum Gasteiger partial charge on any atom is 0.245 e. The molecule has 0 spiro atoms. The van der Waals surface area contributed by atoms with Gasteiger partial charge in [0.05, 0.1) is 18.7 Å². The van der Waals surface area contributed by atoms with Crippen molar-refractivity contribution < 1.29 is 13.7 Å². The van der Waals surface area contributed by atoms with Crippen LogP contribution < -0.4 is 10.6 Å². The van der Waals surface area contributed by atoms with E-state index < -0.39 is 5.82 Å². The molecule has 2 aromatic carbocycles. The number of nitrogens with zero attached hydrogens (tertiary/aromatic N) is 2. The van der Waals surface area contributed by atoms with Gasteiger partial charge in [-0.1, -0.05) is 35.5 Å². The standard InChI is InChI=1S/C18H17FN4O2/c1-12-21-18(25-23-12)11-20-14-7-8-15(19)16(10-14)22-17(24)9-13-5-3-2-4-6-13/h2-8,10,20H,9,11H2,1H3,(H,22,24). The molecule has 0 atom stereocenters. The lowest BCUT2D eigenvalue weighted by Gasteiger charge is -2.10. The number of halogens is 1. The van der Waals surface area contributed by atoms with Gasteiger partial charge in [-0.2, -0.15) is 4.98 Å². The highest BCUT2D eigenvalue weighted by molar-refractivity contribution is 5.92. The van der Waals surface area contributed by atoms with Crippen molar-refractivity contribution in [1.82, 2.24) is 10.1 Å². The van der Waals surface area contributed by atoms with Crippen molar-refractivity contribution in [3.05, 3.63) is 71.6 Å². The van der Waals surface area contributed by atoms with Gasteiger partial charge >= 0.3 is 0 Å². The number of rotatable bonds is 6. The number of amides is 1. The van der Waals surface area contributed by atoms with E-state index in [0.717, 1.165) is 5.56 Å². The smallest absolute Gasteiger partial charge is 0.245 e. The molecule has 0 aliphatic rings. The Morgan fingerprint density at radius 2 is 2.00 bits per heavy atom. The second kappa shape index (κ2) is 7.57. The summed E-state index contributed by atoms with van der Waals surface area (Å²) < 4.78 is 19.0. The maximum atomic E-state index is 14.0. The van der Waals surface area contributed by atoms with Crippen molar-refractivity contribution >= 4 is 17.3 Å². The maximum absolute atomic E-state index is 14.0. The normalized spacial score (nSPS) is 10.5. The number of nitrogens with one attached hydrogen (secondary N) is 2. The molecular formula is C18H17FN4O2. The molecule has 1 amide bonds. The minimum Gasteiger partial charge on any atom is -0.376 e. The summed E-state index contributed by atoms with van der Waals surface area (Å²) in [7, 11) is 0. The molecule has 6 nitrogen and oxygen atoms in total. The summed E-state index contributed by atoms with van der Waals surface area (Å²) in [6, 6.07) is 13.7. The Morgan fingerprint density at radius 3 is 2.72 bits per heavy atom. The van der Waals surface area contributed by atoms with Gasteiger partial charge in [0, 0.05) is 5.69 Å². The van der Waals surface area contributed by atoms with Crippen molar-refractivity contribution in [3.63, 3.8) is 0 Å². The van der Waals surface area contributed by atoms with Gasteiger partial charge in [0.2, 0.25) is 11.8 Å². The fraction of sp³-hybridized carbons (Fsp3) is 0.167. The van der Waals surface area contributed by atoms with Gasteiger partial charge < -0.3 is 15.2 Å². The van der Waals surface area contributed by atoms with E-state index in [0.29, 0.717) is 23.9 Å². The summed E-state index contributed by atoms with van der Waals surface area (Å²) in [4.78, 5) is 16.2. The molecule has 0 fully saturated rings. The average Bonchev–Trinajstić information content (AvgIpc) is 3.02. The van der Waals surface area contributed by atoms with Crippen LogP contribution in [-0.2, 0) is 17.8 Å². The molecule has 0 saturated heterocycles. The molecule has 0 bridgehead atoms. The molecule has 3 aromatic rings. The Labute approximate surface area is 144 Å². The largest absolute Gasteiger partial charge is 0.376 e. The average molecular weight is 340 g/mol. The number of benzene rings is 2. The first kappa shape index (κ1) is 16.6. The van der Waals surface area contributed by atoms with Gasteiger partial charge in [0.25, 0.3) is 0 Å². The first-order valence-electron chi connectivity index (χ1n) is 7.76. The van der Waals surface area contributed by atoms with E-state index in [9.17, 15) is 9.18 Å². The van der Waals surface area contributed by atoms with Gasteiger partial charge in [0.1, 0.15) is 5.82 Å². The summed E-state index contributed by atoms with van der Waals surface area (Å²) >= 11 is 0. The quantitative estimate of drug-likeness (QED) is 0.720. The van der Waals surface area contributed by atoms with Crippen molar-refractivity contribution in [2.24, 2.45) is 0 Å². The SMILES string of the molecule is Cc1noc(CNc2ccc(F)c(NC(=O)Cc3ccccc3)c2)n1. The molecule has 7 heteroatoms. The molecule has 0 unspecified atom stereocenters. The number of hydrogen-bond donors (Lipinski definition) is 2. The minimum atomic E-state index is -0.499. The van der Waals surface area contributed by atoms with Crippen molar-refractivity contribution in [1.29, 1.82) is 0 Å². The van der Waals surface area contributed by atoms with Gasteiger partial charge in [-0.05, 0) is 30.7 Å². The summed E-state index contributed by atoms with van der Waals surface area (Å²) in [5.41, 5.74) is 1.61. The number of anilines is 2. The van der Waals surface area contributed by atoms with Crippen LogP contribution in [0, 0.1) is 12.7 Å². The first-order chi connectivity index (χ1) is 12.1. The van der Waals surface area contributed by atoms with Crippen LogP contribution in [0.15, 0.2) is 53.1 Å². The number of carbonyl (C=O) groups excluding carboxylic acids is 1. The highest BCUT2D eigenvalue weighted by atomic mass is 19.1. The number of carbonyl (C=O) groups is 1. The van der Waals surface area contributed by atoms with Crippen LogP contribution >= 0.6 is 0 Å². The van der Waals surface area contributed by atoms with Crippen LogP contribution in [0.25, 0.3) is 0 Å². The summed E-state index contributed by atoms with van der Waals surface area (Å²) in [5, 5.41) is 9.34. The van der Waals surface area contributed by atoms with E-state index in [4.69, 9.17) is 4.52 Å². The molecule has 1 heterocycles. The third-order valence-electron chi connectivity index (χ3n) is 3.46. The topological polar surface area (TPSA) is 80.0 Å². The summed E-state index contributed by atoms with van der Waals surface area (Å²) in [6.45, 7) is 2.04. The molecule has 128 valence electrons. The Bertz CT molecular complexity index is 865. The molecule has 1 aromatic heterocycles. The highest BCUT2D eigenvalue weighted by Gasteiger charge is 2.10. The highest BCUT2D eigenvalue weighted by Crippen LogP contribution is 2.20. The Hall–Kier alpha value is -3.22. The summed E-state index contributed by atoms with van der Waals surface area (Å²) in [6.07, 6.45) is 0.180. The monoisotopic (exact) mass is 340 g/mol. The second-order valence-corrected chi connectivity index (χ2v) is 5.49. The van der Waals surface area contributed by atoms with E-state index in [1.54, 1.807) is 13.0 Å². The Balaban J connectivity index is 1.63. The Kier molecular flexibility index (Phi) is 5.03. The van der Waals surface area contributed by atoms with Crippen molar-refractivity contribution in [2.45, 2.75) is 19.9 Å². The van der Waals surface area contributed by atoms with Crippen LogP contribution in [0.2, 0.25) is 0 Å². The van der Waals surface area contributed by atoms with Crippen LogP contribution in [0.4, 0.5) is 15.8 Å². The molecule has 0 aliphatic heterocycles. The van der Waals surface area contributed by atoms with Gasteiger partial charge in [0.15, 0.2) is 5.82 Å². The fourth-order valence-corrected chi connectivity index (χ4v) is 2.30. The van der Waals surface area contributed by atoms with E-state index in [1.165, 1.54) is 12.1 Å². The minimum absolute atomic E-state index is 0.118. The predicted octanol–water partition coefficient (Wildman–Crippen LogP) is 3.31. The van der Waals surface area contributed by atoms with E-state index in [2.05, 4.69) is 20.8 Å². The second-order valence-electron chi connectivity index (χ2n) is 5.49. The lowest BCUT2D eigenvalue weighted by Crippen LogP contribution is -2.15. The van der Waals surface area contributed by atoms with Crippen LogP contribution in [0.5, 0.6) is 0 Å². The molecule has 3 rings (SSSR count). The van der Waals surface area contributed by atoms with Crippen LogP contribution in [0.1, 0.15) is 17.3 Å². The first-order valence-corrected chi connectivity index (χ1v) is 7.76. The number of hydrogen-bond acceptors (Lipinski definition) is 5. The Morgan fingerprint density at radius 1 is 1.20 bits per heavy atom. The predicted molar refractivity (Wildman–Crippen MR) is 91.5 cm³/mol. The van der Waals surface area contributed by atoms with Crippen molar-refractivity contribution in [2.75, 3.05) is 10.6 Å². The van der Waals surface area contributed by atoms with Gasteiger partial charge in [-0.25, -0.2) is 4.39 Å². The number of aryl methyl sites for hydroxylation is 1.